The molecular weight excluding hydrogens is 645 g/mol. The molecule has 2 aliphatic heterocycles. The lowest BCUT2D eigenvalue weighted by Gasteiger charge is -2.34. The summed E-state index contributed by atoms with van der Waals surface area (Å²) in [5.74, 6) is -1.43. The Morgan fingerprint density at radius 3 is 1.06 bits per heavy atom. The van der Waals surface area contributed by atoms with Gasteiger partial charge in [0.25, 0.3) is 23.6 Å². The number of imide groups is 2. The number of hydrogen-bond donors (Lipinski definition) is 0. The molecule has 4 amide bonds. The van der Waals surface area contributed by atoms with Gasteiger partial charge in [0, 0.05) is 35.0 Å². The summed E-state index contributed by atoms with van der Waals surface area (Å²) in [6.07, 6.45) is 12.4. The monoisotopic (exact) mass is 698 g/mol. The number of amides is 4. The van der Waals surface area contributed by atoms with Crippen LogP contribution in [0.1, 0.15) is 155 Å². The largest absolute Gasteiger partial charge is 0.274 e. The number of aryl methyl sites for hydroxylation is 4. The first kappa shape index (κ1) is 37.2. The van der Waals surface area contributed by atoms with Crippen LogP contribution in [0.4, 0.5) is 0 Å². The van der Waals surface area contributed by atoms with Crippen molar-refractivity contribution in [2.75, 3.05) is 13.1 Å². The van der Waals surface area contributed by atoms with Gasteiger partial charge in [-0.1, -0.05) is 137 Å². The fourth-order valence-corrected chi connectivity index (χ4v) is 8.38. The topological polar surface area (TPSA) is 74.8 Å². The summed E-state index contributed by atoms with van der Waals surface area (Å²) >= 11 is 0. The summed E-state index contributed by atoms with van der Waals surface area (Å²) in [6, 6.07) is 16.0. The normalized spacial score (nSPS) is 14.0. The van der Waals surface area contributed by atoms with Gasteiger partial charge in [0.1, 0.15) is 0 Å². The molecule has 0 atom stereocenters. The summed E-state index contributed by atoms with van der Waals surface area (Å²) in [4.78, 5) is 61.4. The molecule has 0 aromatic heterocycles. The van der Waals surface area contributed by atoms with E-state index in [1.54, 1.807) is 0 Å². The van der Waals surface area contributed by atoms with Crippen molar-refractivity contribution in [1.29, 1.82) is 0 Å². The highest BCUT2D eigenvalue weighted by atomic mass is 16.2. The van der Waals surface area contributed by atoms with Gasteiger partial charge in [0.05, 0.1) is 11.1 Å². The number of carbonyl (C=O) groups excluding carboxylic acids is 4. The number of carbonyl (C=O) groups is 4. The molecule has 52 heavy (non-hydrogen) atoms. The molecule has 0 saturated heterocycles. The maximum Gasteiger partial charge on any atom is 0.262 e. The summed E-state index contributed by atoms with van der Waals surface area (Å²) in [7, 11) is 0. The maximum atomic E-state index is 14.7. The van der Waals surface area contributed by atoms with Gasteiger partial charge in [0.2, 0.25) is 0 Å². The molecule has 0 bridgehead atoms. The number of rotatable bonds is 16. The molecule has 0 unspecified atom stereocenters. The number of unbranched alkanes of at least 4 members (excludes halogenated alkanes) is 10. The molecule has 2 aliphatic rings. The zero-order valence-corrected chi connectivity index (χ0v) is 32.0. The van der Waals surface area contributed by atoms with Crippen molar-refractivity contribution in [3.63, 3.8) is 0 Å². The van der Waals surface area contributed by atoms with Crippen LogP contribution in [0.3, 0.4) is 0 Å². The quantitative estimate of drug-likeness (QED) is 0.0862. The van der Waals surface area contributed by atoms with Crippen LogP contribution < -0.4 is 0 Å². The second-order valence-corrected chi connectivity index (χ2v) is 15.3. The molecule has 0 saturated carbocycles. The third kappa shape index (κ3) is 7.22. The van der Waals surface area contributed by atoms with Crippen LogP contribution in [0.2, 0.25) is 0 Å². The average Bonchev–Trinajstić information content (AvgIpc) is 3.10. The molecule has 0 spiro atoms. The molecule has 4 aromatic carbocycles. The SMILES string of the molecule is CCCCCCCCN1C(=O)c2cc(-c3cc(C)cc(C)c3)c3c4c(cc(-c5cc(C)cc(C)c5)c(c24)C1=O)C(=O)N(CCCCCCCC)C3=O. The zero-order valence-electron chi connectivity index (χ0n) is 32.0. The van der Waals surface area contributed by atoms with E-state index in [0.29, 0.717) is 57.2 Å². The zero-order chi connectivity index (χ0) is 37.1. The maximum absolute atomic E-state index is 14.7. The van der Waals surface area contributed by atoms with E-state index in [-0.39, 0.29) is 23.6 Å². The van der Waals surface area contributed by atoms with Crippen LogP contribution in [0.5, 0.6) is 0 Å². The van der Waals surface area contributed by atoms with Crippen LogP contribution in [0.15, 0.2) is 48.5 Å². The predicted octanol–water partition coefficient (Wildman–Crippen LogP) is 11.3. The van der Waals surface area contributed by atoms with Gasteiger partial charge in [-0.15, -0.1) is 0 Å². The summed E-state index contributed by atoms with van der Waals surface area (Å²) in [5, 5.41) is 0.870. The van der Waals surface area contributed by atoms with Gasteiger partial charge in [-0.05, 0) is 74.9 Å². The predicted molar refractivity (Wildman–Crippen MR) is 211 cm³/mol. The van der Waals surface area contributed by atoms with Crippen LogP contribution in [-0.4, -0.2) is 46.5 Å². The van der Waals surface area contributed by atoms with E-state index in [1.807, 2.05) is 64.1 Å². The third-order valence-corrected chi connectivity index (χ3v) is 10.8. The first-order valence-corrected chi connectivity index (χ1v) is 19.6. The van der Waals surface area contributed by atoms with Crippen molar-refractivity contribution >= 4 is 34.4 Å². The van der Waals surface area contributed by atoms with Gasteiger partial charge in [-0.25, -0.2) is 0 Å². The molecule has 0 N–H and O–H groups in total. The highest BCUT2D eigenvalue weighted by Gasteiger charge is 2.42. The van der Waals surface area contributed by atoms with Gasteiger partial charge >= 0.3 is 0 Å². The molecule has 2 heterocycles. The highest BCUT2D eigenvalue weighted by molar-refractivity contribution is 6.36. The van der Waals surface area contributed by atoms with Crippen LogP contribution in [0, 0.1) is 27.7 Å². The summed E-state index contributed by atoms with van der Waals surface area (Å²) < 4.78 is 0. The van der Waals surface area contributed by atoms with E-state index in [4.69, 9.17) is 0 Å². The smallest absolute Gasteiger partial charge is 0.262 e. The van der Waals surface area contributed by atoms with Crippen molar-refractivity contribution in [3.05, 3.63) is 93.0 Å². The Morgan fingerprint density at radius 1 is 0.385 bits per heavy atom. The molecule has 272 valence electrons. The Balaban J connectivity index is 1.58. The molecule has 6 rings (SSSR count). The summed E-state index contributed by atoms with van der Waals surface area (Å²) in [6.45, 7) is 13.1. The first-order chi connectivity index (χ1) is 25.0. The van der Waals surface area contributed by atoms with Crippen molar-refractivity contribution in [1.82, 2.24) is 9.80 Å². The van der Waals surface area contributed by atoms with Crippen LogP contribution in [0.25, 0.3) is 33.0 Å². The minimum absolute atomic E-state index is 0.323. The lowest BCUT2D eigenvalue weighted by atomic mass is 9.78. The Bertz CT molecular complexity index is 1870. The van der Waals surface area contributed by atoms with E-state index < -0.39 is 0 Å². The van der Waals surface area contributed by atoms with Gasteiger partial charge in [0.15, 0.2) is 0 Å². The Morgan fingerprint density at radius 2 is 0.712 bits per heavy atom. The second kappa shape index (κ2) is 16.0. The fraction of sp³-hybridized carbons (Fsp3) is 0.435. The van der Waals surface area contributed by atoms with Crippen molar-refractivity contribution in [2.24, 2.45) is 0 Å². The number of hydrogen-bond acceptors (Lipinski definition) is 4. The summed E-state index contributed by atoms with van der Waals surface area (Å²) in [5.41, 5.74) is 8.64. The third-order valence-electron chi connectivity index (χ3n) is 10.8. The Hall–Kier alpha value is -4.58. The average molecular weight is 699 g/mol. The fourth-order valence-electron chi connectivity index (χ4n) is 8.38. The van der Waals surface area contributed by atoms with E-state index >= 15 is 0 Å². The van der Waals surface area contributed by atoms with E-state index in [9.17, 15) is 19.2 Å². The lowest BCUT2D eigenvalue weighted by molar-refractivity contribution is 0.0587. The minimum Gasteiger partial charge on any atom is -0.274 e. The molecule has 0 radical (unpaired) electrons. The molecule has 0 fully saturated rings. The van der Waals surface area contributed by atoms with Gasteiger partial charge in [-0.2, -0.15) is 0 Å². The molecule has 0 aliphatic carbocycles. The number of nitrogens with zero attached hydrogens (tertiary/aromatic N) is 2. The Labute approximate surface area is 309 Å². The standard InChI is InChI=1S/C46H54N2O4/c1-7-9-11-13-15-17-19-47-43(49)37-27-36(34-25-31(5)22-32(6)26-34)42-40-38(44(50)48(46(42)52)20-18-16-14-12-10-8-2)28-35(41(39(37)40)45(47)51)33-23-29(3)21-30(4)24-33/h21-28H,7-20H2,1-6H3. The number of benzene rings is 4. The van der Waals surface area contributed by atoms with Crippen LogP contribution >= 0.6 is 0 Å². The lowest BCUT2D eigenvalue weighted by Crippen LogP contribution is -2.44. The Kier molecular flexibility index (Phi) is 11.4. The molecular formula is C46H54N2O4. The van der Waals surface area contributed by atoms with Gasteiger partial charge < -0.3 is 0 Å². The molecule has 6 heteroatoms. The van der Waals surface area contributed by atoms with Crippen molar-refractivity contribution < 1.29 is 19.2 Å². The van der Waals surface area contributed by atoms with E-state index in [2.05, 4.69) is 26.0 Å². The van der Waals surface area contributed by atoms with Crippen molar-refractivity contribution in [2.45, 2.75) is 119 Å². The van der Waals surface area contributed by atoms with Crippen molar-refractivity contribution in [3.8, 4) is 22.3 Å². The second-order valence-electron chi connectivity index (χ2n) is 15.3. The van der Waals surface area contributed by atoms with Gasteiger partial charge in [-0.3, -0.25) is 29.0 Å². The first-order valence-electron chi connectivity index (χ1n) is 19.6. The highest BCUT2D eigenvalue weighted by Crippen LogP contribution is 2.46. The van der Waals surface area contributed by atoms with Crippen LogP contribution in [-0.2, 0) is 0 Å². The molecule has 6 nitrogen and oxygen atoms in total. The minimum atomic E-state index is -0.360. The van der Waals surface area contributed by atoms with E-state index in [1.165, 1.54) is 22.6 Å². The van der Waals surface area contributed by atoms with E-state index in [0.717, 1.165) is 97.6 Å². The molecule has 4 aromatic rings.